The third kappa shape index (κ3) is 4.13. The molecule has 2 rings (SSSR count). The first kappa shape index (κ1) is 16.4. The Kier molecular flexibility index (Phi) is 5.18. The Balaban J connectivity index is 0.000000235. The Bertz CT molecular complexity index is 709. The molecule has 0 fully saturated rings. The van der Waals surface area contributed by atoms with Crippen LogP contribution in [0.1, 0.15) is 15.9 Å². The summed E-state index contributed by atoms with van der Waals surface area (Å²) in [4.78, 5) is 21.4. The molecule has 0 unspecified atom stereocenters. The fourth-order valence-electron chi connectivity index (χ4n) is 1.49. The maximum absolute atomic E-state index is 12.9. The molecular formula is C14H14F2N2O3. The van der Waals surface area contributed by atoms with Crippen molar-refractivity contribution in [2.75, 3.05) is 5.73 Å². The van der Waals surface area contributed by atoms with Gasteiger partial charge in [0.15, 0.2) is 0 Å². The highest BCUT2D eigenvalue weighted by molar-refractivity contribution is 5.93. The van der Waals surface area contributed by atoms with E-state index in [2.05, 4.69) is 0 Å². The number of halogens is 2. The third-order valence-electron chi connectivity index (χ3n) is 2.57. The number of aromatic nitrogens is 1. The number of pyridine rings is 1. The summed E-state index contributed by atoms with van der Waals surface area (Å²) in [6.07, 6.45) is 0.975. The zero-order valence-corrected chi connectivity index (χ0v) is 11.4. The van der Waals surface area contributed by atoms with Crippen molar-refractivity contribution in [2.45, 2.75) is 6.92 Å². The lowest BCUT2D eigenvalue weighted by atomic mass is 10.2. The summed E-state index contributed by atoms with van der Waals surface area (Å²) in [5.41, 5.74) is 4.06. The molecule has 0 radical (unpaired) electrons. The first-order valence-corrected chi connectivity index (χ1v) is 5.84. The number of carbonyl (C=O) groups is 1. The van der Waals surface area contributed by atoms with E-state index in [1.807, 2.05) is 13.0 Å². The molecule has 1 heterocycles. The fraction of sp³-hybridized carbons (Fsp3) is 0.143. The number of hydrogen-bond acceptors (Lipinski definition) is 3. The second-order valence-electron chi connectivity index (χ2n) is 4.29. The fourth-order valence-corrected chi connectivity index (χ4v) is 1.49. The van der Waals surface area contributed by atoms with Crippen molar-refractivity contribution in [2.24, 2.45) is 7.05 Å². The van der Waals surface area contributed by atoms with Crippen LogP contribution in [0.5, 0.6) is 0 Å². The molecule has 1 aromatic carbocycles. The minimum absolute atomic E-state index is 0.162. The molecule has 0 spiro atoms. The monoisotopic (exact) mass is 296 g/mol. The van der Waals surface area contributed by atoms with Gasteiger partial charge in [-0.15, -0.1) is 0 Å². The number of nitrogens with zero attached hydrogens (tertiary/aromatic N) is 1. The van der Waals surface area contributed by atoms with Crippen LogP contribution in [0.15, 0.2) is 35.3 Å². The number of rotatable bonds is 1. The summed E-state index contributed by atoms with van der Waals surface area (Å²) in [6.45, 7) is 1.86. The van der Waals surface area contributed by atoms with Gasteiger partial charge in [0, 0.05) is 13.2 Å². The number of aryl methyl sites for hydroxylation is 2. The molecule has 2 aromatic rings. The van der Waals surface area contributed by atoms with E-state index in [0.29, 0.717) is 0 Å². The Morgan fingerprint density at radius 2 is 1.95 bits per heavy atom. The van der Waals surface area contributed by atoms with Gasteiger partial charge >= 0.3 is 5.97 Å². The SMILES string of the molecule is Cc1cccc(F)c1.Cn1cc(C(=O)O)c(N)c(F)c1=O. The van der Waals surface area contributed by atoms with Crippen LogP contribution < -0.4 is 11.3 Å². The number of aromatic carboxylic acids is 1. The number of carboxylic acid groups (broad SMARTS) is 1. The van der Waals surface area contributed by atoms with Crippen LogP contribution in [0, 0.1) is 18.6 Å². The van der Waals surface area contributed by atoms with Crippen molar-refractivity contribution >= 4 is 11.7 Å². The second-order valence-corrected chi connectivity index (χ2v) is 4.29. The van der Waals surface area contributed by atoms with Gasteiger partial charge in [-0.3, -0.25) is 4.79 Å². The van der Waals surface area contributed by atoms with Gasteiger partial charge in [-0.2, -0.15) is 4.39 Å². The molecule has 7 heteroatoms. The molecule has 0 aliphatic rings. The van der Waals surface area contributed by atoms with Crippen molar-refractivity contribution in [3.05, 3.63) is 63.6 Å². The molecule has 3 N–H and O–H groups in total. The molecule has 0 saturated heterocycles. The van der Waals surface area contributed by atoms with Gasteiger partial charge < -0.3 is 15.4 Å². The van der Waals surface area contributed by atoms with Crippen LogP contribution in [0.4, 0.5) is 14.5 Å². The highest BCUT2D eigenvalue weighted by Crippen LogP contribution is 2.11. The maximum Gasteiger partial charge on any atom is 0.339 e. The predicted octanol–water partition coefficient (Wildman–Crippen LogP) is 1.94. The highest BCUT2D eigenvalue weighted by atomic mass is 19.1. The second kappa shape index (κ2) is 6.65. The third-order valence-corrected chi connectivity index (χ3v) is 2.57. The predicted molar refractivity (Wildman–Crippen MR) is 74.1 cm³/mol. The quantitative estimate of drug-likeness (QED) is 0.842. The smallest absolute Gasteiger partial charge is 0.339 e. The normalized spacial score (nSPS) is 9.71. The molecule has 1 aromatic heterocycles. The highest BCUT2D eigenvalue weighted by Gasteiger charge is 2.15. The first-order chi connectivity index (χ1) is 9.73. The number of anilines is 1. The number of nitrogens with two attached hydrogens (primary N) is 1. The topological polar surface area (TPSA) is 85.3 Å². The largest absolute Gasteiger partial charge is 0.478 e. The van der Waals surface area contributed by atoms with Gasteiger partial charge in [0.1, 0.15) is 11.4 Å². The van der Waals surface area contributed by atoms with Gasteiger partial charge in [-0.1, -0.05) is 12.1 Å². The number of benzene rings is 1. The van der Waals surface area contributed by atoms with Crippen LogP contribution in [-0.2, 0) is 7.05 Å². The van der Waals surface area contributed by atoms with Crippen molar-refractivity contribution in [1.29, 1.82) is 0 Å². The maximum atomic E-state index is 12.9. The van der Waals surface area contributed by atoms with Crippen molar-refractivity contribution in [1.82, 2.24) is 4.57 Å². The molecule has 0 atom stereocenters. The van der Waals surface area contributed by atoms with E-state index in [4.69, 9.17) is 10.8 Å². The van der Waals surface area contributed by atoms with Crippen molar-refractivity contribution in [3.8, 4) is 0 Å². The summed E-state index contributed by atoms with van der Waals surface area (Å²) in [6, 6.07) is 6.50. The molecule has 0 aliphatic heterocycles. The van der Waals surface area contributed by atoms with Gasteiger partial charge in [0.05, 0.1) is 5.69 Å². The molecule has 0 aliphatic carbocycles. The molecule has 21 heavy (non-hydrogen) atoms. The summed E-state index contributed by atoms with van der Waals surface area (Å²) >= 11 is 0. The summed E-state index contributed by atoms with van der Waals surface area (Å²) in [7, 11) is 1.25. The standard InChI is InChI=1S/C7H7FN2O3.C7H7F/c1-10-2-3(7(12)13)5(9)4(8)6(10)11;1-6-3-2-4-7(8)5-6/h2H,9H2,1H3,(H,12,13);2-5H,1H3. The number of carboxylic acids is 1. The lowest BCUT2D eigenvalue weighted by molar-refractivity contribution is 0.0696. The van der Waals surface area contributed by atoms with Crippen LogP contribution >= 0.6 is 0 Å². The van der Waals surface area contributed by atoms with Crippen LogP contribution in [0.3, 0.4) is 0 Å². The van der Waals surface area contributed by atoms with Crippen LogP contribution in [-0.4, -0.2) is 15.6 Å². The zero-order chi connectivity index (χ0) is 16.2. The van der Waals surface area contributed by atoms with E-state index in [0.717, 1.165) is 16.3 Å². The zero-order valence-electron chi connectivity index (χ0n) is 11.4. The summed E-state index contributed by atoms with van der Waals surface area (Å²) < 4.78 is 25.9. The van der Waals surface area contributed by atoms with Gasteiger partial charge in [0.25, 0.3) is 5.56 Å². The van der Waals surface area contributed by atoms with Crippen molar-refractivity contribution in [3.63, 3.8) is 0 Å². The van der Waals surface area contributed by atoms with Gasteiger partial charge in [0.2, 0.25) is 5.82 Å². The van der Waals surface area contributed by atoms with E-state index in [1.54, 1.807) is 6.07 Å². The molecule has 0 amide bonds. The average molecular weight is 296 g/mol. The van der Waals surface area contributed by atoms with E-state index in [-0.39, 0.29) is 5.82 Å². The Morgan fingerprint density at radius 1 is 1.33 bits per heavy atom. The van der Waals surface area contributed by atoms with E-state index >= 15 is 0 Å². The Morgan fingerprint density at radius 3 is 2.38 bits per heavy atom. The van der Waals surface area contributed by atoms with Crippen LogP contribution in [0.2, 0.25) is 0 Å². The molecular weight excluding hydrogens is 282 g/mol. The minimum Gasteiger partial charge on any atom is -0.478 e. The lowest BCUT2D eigenvalue weighted by Crippen LogP contribution is -2.24. The van der Waals surface area contributed by atoms with Crippen LogP contribution in [0.25, 0.3) is 0 Å². The molecule has 0 saturated carbocycles. The van der Waals surface area contributed by atoms with Crippen molar-refractivity contribution < 1.29 is 18.7 Å². The van der Waals surface area contributed by atoms with E-state index < -0.39 is 28.6 Å². The average Bonchev–Trinajstić information content (AvgIpc) is 2.40. The summed E-state index contributed by atoms with van der Waals surface area (Å²) in [5.74, 6) is -2.76. The van der Waals surface area contributed by atoms with Gasteiger partial charge in [-0.05, 0) is 24.6 Å². The lowest BCUT2D eigenvalue weighted by Gasteiger charge is -2.04. The molecule has 5 nitrogen and oxygen atoms in total. The van der Waals surface area contributed by atoms with E-state index in [9.17, 15) is 18.4 Å². The number of nitrogen functional groups attached to an aromatic ring is 1. The van der Waals surface area contributed by atoms with Gasteiger partial charge in [-0.25, -0.2) is 9.18 Å². The van der Waals surface area contributed by atoms with E-state index in [1.165, 1.54) is 19.2 Å². The number of hydrogen-bond donors (Lipinski definition) is 2. The Hall–Kier alpha value is -2.70. The molecule has 0 bridgehead atoms. The summed E-state index contributed by atoms with van der Waals surface area (Å²) in [5, 5.41) is 8.54. The first-order valence-electron chi connectivity index (χ1n) is 5.84. The molecule has 112 valence electrons. The minimum atomic E-state index is -1.37. The Labute approximate surface area is 119 Å².